The first-order valence-electron chi connectivity index (χ1n) is 9.51. The highest BCUT2D eigenvalue weighted by molar-refractivity contribution is 8.03. The van der Waals surface area contributed by atoms with Crippen molar-refractivity contribution in [1.82, 2.24) is 5.32 Å². The first-order valence-corrected chi connectivity index (χ1v) is 10.5. The molecule has 2 amide bonds. The quantitative estimate of drug-likeness (QED) is 0.533. The molecule has 0 fully saturated rings. The number of esters is 1. The molecule has 0 radical (unpaired) electrons. The van der Waals surface area contributed by atoms with Gasteiger partial charge >= 0.3 is 5.97 Å². The molecular formula is C23H21N3O4S. The zero-order valence-electron chi connectivity index (χ0n) is 17.0. The summed E-state index contributed by atoms with van der Waals surface area (Å²) in [7, 11) is 1.20. The number of hydrogen-bond donors (Lipinski definition) is 2. The number of nitrogens with one attached hydrogen (secondary N) is 2. The van der Waals surface area contributed by atoms with Gasteiger partial charge in [0.05, 0.1) is 29.5 Å². The van der Waals surface area contributed by atoms with Gasteiger partial charge < -0.3 is 15.4 Å². The molecule has 0 spiro atoms. The molecule has 2 N–H and O–H groups in total. The molecular weight excluding hydrogens is 414 g/mol. The number of nitrogens with zero attached hydrogens (tertiary/aromatic N) is 1. The minimum Gasteiger partial charge on any atom is -0.468 e. The van der Waals surface area contributed by atoms with E-state index in [4.69, 9.17) is 4.74 Å². The number of carbonyl (C=O) groups excluding carboxylic acids is 3. The van der Waals surface area contributed by atoms with Crippen molar-refractivity contribution in [1.29, 1.82) is 5.26 Å². The lowest BCUT2D eigenvalue weighted by atomic mass is 9.78. The maximum Gasteiger partial charge on any atom is 0.319 e. The summed E-state index contributed by atoms with van der Waals surface area (Å²) in [5.41, 5.74) is 2.53. The minimum absolute atomic E-state index is 0.0147. The van der Waals surface area contributed by atoms with E-state index in [1.165, 1.54) is 7.11 Å². The van der Waals surface area contributed by atoms with Crippen molar-refractivity contribution in [3.05, 3.63) is 76.3 Å². The maximum absolute atomic E-state index is 12.8. The van der Waals surface area contributed by atoms with E-state index in [1.807, 2.05) is 25.1 Å². The lowest BCUT2D eigenvalue weighted by molar-refractivity contribution is -0.150. The van der Waals surface area contributed by atoms with E-state index in [0.717, 1.165) is 17.3 Å². The third kappa shape index (κ3) is 5.13. The van der Waals surface area contributed by atoms with Crippen molar-refractivity contribution < 1.29 is 19.1 Å². The van der Waals surface area contributed by atoms with Crippen LogP contribution in [0.3, 0.4) is 0 Å². The van der Waals surface area contributed by atoms with E-state index in [-0.39, 0.29) is 22.3 Å². The average Bonchev–Trinajstić information content (AvgIpc) is 2.78. The van der Waals surface area contributed by atoms with Crippen molar-refractivity contribution in [3.63, 3.8) is 0 Å². The van der Waals surface area contributed by atoms with E-state index in [2.05, 4.69) is 16.7 Å². The number of nitriles is 1. The van der Waals surface area contributed by atoms with Crippen molar-refractivity contribution in [2.75, 3.05) is 18.2 Å². The fourth-order valence-corrected chi connectivity index (χ4v) is 4.16. The van der Waals surface area contributed by atoms with Crippen LogP contribution >= 0.6 is 11.8 Å². The van der Waals surface area contributed by atoms with Crippen LogP contribution in [0.15, 0.2) is 65.2 Å². The van der Waals surface area contributed by atoms with Crippen LogP contribution in [0.1, 0.15) is 17.0 Å². The van der Waals surface area contributed by atoms with Gasteiger partial charge in [-0.2, -0.15) is 5.26 Å². The maximum atomic E-state index is 12.8. The van der Waals surface area contributed by atoms with Crippen LogP contribution in [0.4, 0.5) is 5.69 Å². The minimum atomic E-state index is -1.19. The molecule has 0 saturated heterocycles. The molecule has 2 aromatic rings. The summed E-state index contributed by atoms with van der Waals surface area (Å²) in [6, 6.07) is 18.4. The van der Waals surface area contributed by atoms with Crippen LogP contribution in [-0.2, 0) is 19.1 Å². The van der Waals surface area contributed by atoms with Gasteiger partial charge in [-0.25, -0.2) is 0 Å². The SMILES string of the molecule is COC(=O)[C@@H]1C(=O)NC(SCC(=O)Nc2ccccc2)=C(C#N)[C@H]1c1ccc(C)cc1. The number of para-hydroxylation sites is 1. The van der Waals surface area contributed by atoms with Crippen LogP contribution in [0, 0.1) is 24.2 Å². The van der Waals surface area contributed by atoms with Gasteiger partial charge in [-0.3, -0.25) is 14.4 Å². The van der Waals surface area contributed by atoms with Crippen LogP contribution in [0.25, 0.3) is 0 Å². The van der Waals surface area contributed by atoms with E-state index in [9.17, 15) is 19.6 Å². The molecule has 7 nitrogen and oxygen atoms in total. The summed E-state index contributed by atoms with van der Waals surface area (Å²) < 4.78 is 4.83. The normalized spacial score (nSPS) is 18.0. The molecule has 0 saturated carbocycles. The Balaban J connectivity index is 1.89. The molecule has 1 aliphatic heterocycles. The number of carbonyl (C=O) groups is 3. The Morgan fingerprint density at radius 2 is 1.84 bits per heavy atom. The summed E-state index contributed by atoms with van der Waals surface area (Å²) in [6.07, 6.45) is 0. The molecule has 1 heterocycles. The zero-order valence-corrected chi connectivity index (χ0v) is 17.9. The summed E-state index contributed by atoms with van der Waals surface area (Å²) in [5, 5.41) is 15.5. The van der Waals surface area contributed by atoms with E-state index in [1.54, 1.807) is 36.4 Å². The standard InChI is InChI=1S/C23H21N3O4S/c1-14-8-10-15(11-9-14)19-17(12-24)22(26-21(28)20(19)23(29)30-2)31-13-18(27)25-16-6-4-3-5-7-16/h3-11,19-20H,13H2,1-2H3,(H,25,27)(H,26,28)/t19-,20+/m1/s1. The third-order valence-corrected chi connectivity index (χ3v) is 5.84. The van der Waals surface area contributed by atoms with Crippen molar-refractivity contribution in [2.45, 2.75) is 12.8 Å². The second-order valence-electron chi connectivity index (χ2n) is 6.94. The molecule has 0 aliphatic carbocycles. The molecule has 3 rings (SSSR count). The van der Waals surface area contributed by atoms with Gasteiger partial charge in [-0.05, 0) is 24.6 Å². The Morgan fingerprint density at radius 1 is 1.16 bits per heavy atom. The molecule has 2 atom stereocenters. The van der Waals surface area contributed by atoms with Crippen LogP contribution < -0.4 is 10.6 Å². The first-order chi connectivity index (χ1) is 14.9. The highest BCUT2D eigenvalue weighted by Gasteiger charge is 2.44. The number of rotatable bonds is 6. The third-order valence-electron chi connectivity index (χ3n) is 4.83. The fourth-order valence-electron chi connectivity index (χ4n) is 3.31. The number of allylic oxidation sites excluding steroid dienone is 1. The van der Waals surface area contributed by atoms with Gasteiger partial charge in [-0.1, -0.05) is 59.8 Å². The van der Waals surface area contributed by atoms with Gasteiger partial charge in [0.1, 0.15) is 5.92 Å². The second kappa shape index (κ2) is 9.96. The summed E-state index contributed by atoms with van der Waals surface area (Å²) in [5.74, 6) is -3.57. The molecule has 1 aliphatic rings. The van der Waals surface area contributed by atoms with Crippen molar-refractivity contribution in [3.8, 4) is 6.07 Å². The Morgan fingerprint density at radius 3 is 2.45 bits per heavy atom. The van der Waals surface area contributed by atoms with Gasteiger partial charge in [0.15, 0.2) is 0 Å². The number of aryl methyl sites for hydroxylation is 1. The van der Waals surface area contributed by atoms with Crippen LogP contribution in [-0.4, -0.2) is 30.6 Å². The topological polar surface area (TPSA) is 108 Å². The molecule has 2 aromatic carbocycles. The number of benzene rings is 2. The zero-order chi connectivity index (χ0) is 22.4. The Hall–Kier alpha value is -3.57. The Labute approximate surface area is 184 Å². The lowest BCUT2D eigenvalue weighted by Crippen LogP contribution is -2.44. The Bertz CT molecular complexity index is 1060. The summed E-state index contributed by atoms with van der Waals surface area (Å²) in [4.78, 5) is 37.5. The molecule has 0 aromatic heterocycles. The largest absolute Gasteiger partial charge is 0.468 e. The van der Waals surface area contributed by atoms with E-state index < -0.39 is 23.7 Å². The first kappa shape index (κ1) is 22.1. The van der Waals surface area contributed by atoms with Gasteiger partial charge in [0.25, 0.3) is 0 Å². The van der Waals surface area contributed by atoms with E-state index in [0.29, 0.717) is 11.3 Å². The summed E-state index contributed by atoms with van der Waals surface area (Å²) >= 11 is 1.05. The van der Waals surface area contributed by atoms with Gasteiger partial charge in [0, 0.05) is 11.6 Å². The average molecular weight is 436 g/mol. The number of amides is 2. The Kier molecular flexibility index (Phi) is 7.11. The number of anilines is 1. The van der Waals surface area contributed by atoms with Gasteiger partial charge in [-0.15, -0.1) is 0 Å². The number of methoxy groups -OCH3 is 1. The highest BCUT2D eigenvalue weighted by Crippen LogP contribution is 2.40. The lowest BCUT2D eigenvalue weighted by Gasteiger charge is -2.31. The van der Waals surface area contributed by atoms with Crippen molar-refractivity contribution >= 4 is 35.2 Å². The number of ether oxygens (including phenoxy) is 1. The molecule has 0 unspecified atom stereocenters. The predicted molar refractivity (Wildman–Crippen MR) is 118 cm³/mol. The highest BCUT2D eigenvalue weighted by atomic mass is 32.2. The fraction of sp³-hybridized carbons (Fsp3) is 0.217. The van der Waals surface area contributed by atoms with Crippen LogP contribution in [0.5, 0.6) is 0 Å². The molecule has 8 heteroatoms. The molecule has 0 bridgehead atoms. The van der Waals surface area contributed by atoms with Gasteiger partial charge in [0.2, 0.25) is 11.8 Å². The number of thioether (sulfide) groups is 1. The van der Waals surface area contributed by atoms with Crippen LogP contribution in [0.2, 0.25) is 0 Å². The van der Waals surface area contributed by atoms with E-state index >= 15 is 0 Å². The smallest absolute Gasteiger partial charge is 0.319 e. The summed E-state index contributed by atoms with van der Waals surface area (Å²) in [6.45, 7) is 1.92. The second-order valence-corrected chi connectivity index (χ2v) is 7.92. The van der Waals surface area contributed by atoms with Crippen molar-refractivity contribution in [2.24, 2.45) is 5.92 Å². The molecule has 158 valence electrons. The molecule has 31 heavy (non-hydrogen) atoms. The number of hydrogen-bond acceptors (Lipinski definition) is 6. The predicted octanol–water partition coefficient (Wildman–Crippen LogP) is 3.10. The monoisotopic (exact) mass is 435 g/mol.